The van der Waals surface area contributed by atoms with Crippen molar-refractivity contribution in [3.63, 3.8) is 0 Å². The number of amides is 1. The van der Waals surface area contributed by atoms with Crippen molar-refractivity contribution in [1.29, 1.82) is 0 Å². The summed E-state index contributed by atoms with van der Waals surface area (Å²) in [6.45, 7) is 5.28. The lowest BCUT2D eigenvalue weighted by Gasteiger charge is -2.28. The molecular formula is C32H31FN4O3. The van der Waals surface area contributed by atoms with Crippen molar-refractivity contribution in [3.8, 4) is 16.8 Å². The molecule has 3 aromatic carbocycles. The maximum atomic E-state index is 14.0. The van der Waals surface area contributed by atoms with Crippen LogP contribution >= 0.6 is 0 Å². The van der Waals surface area contributed by atoms with Crippen LogP contribution in [0, 0.1) is 11.7 Å². The van der Waals surface area contributed by atoms with Crippen LogP contribution in [0.5, 0.6) is 0 Å². The zero-order chi connectivity index (χ0) is 28.0. The average molecular weight is 539 g/mol. The molecule has 6 rings (SSSR count). The van der Waals surface area contributed by atoms with Crippen molar-refractivity contribution >= 4 is 33.5 Å². The molecule has 1 fully saturated rings. The van der Waals surface area contributed by atoms with Crippen LogP contribution < -0.4 is 5.32 Å². The first-order valence-corrected chi connectivity index (χ1v) is 13.4. The predicted octanol–water partition coefficient (Wildman–Crippen LogP) is 5.95. The first-order chi connectivity index (χ1) is 19.2. The van der Waals surface area contributed by atoms with Crippen LogP contribution in [0.1, 0.15) is 42.7 Å². The number of nitrogens with zero attached hydrogens (tertiary/aromatic N) is 2. The van der Waals surface area contributed by atoms with Gasteiger partial charge >= 0.3 is 0 Å². The molecule has 0 saturated carbocycles. The molecule has 1 unspecified atom stereocenters. The third kappa shape index (κ3) is 4.58. The Bertz CT molecular complexity index is 1730. The van der Waals surface area contributed by atoms with Crippen molar-refractivity contribution < 1.29 is 18.7 Å². The van der Waals surface area contributed by atoms with Gasteiger partial charge in [-0.3, -0.25) is 14.7 Å². The van der Waals surface area contributed by atoms with Crippen LogP contribution in [0.25, 0.3) is 38.6 Å². The summed E-state index contributed by atoms with van der Waals surface area (Å²) in [6, 6.07) is 18.4. The van der Waals surface area contributed by atoms with Gasteiger partial charge in [0, 0.05) is 65.2 Å². The van der Waals surface area contributed by atoms with Gasteiger partial charge in [0.2, 0.25) is 5.91 Å². The smallest absolute Gasteiger partial charge is 0.220 e. The number of methoxy groups -OCH3 is 1. The number of fused-ring (bicyclic) bond motifs is 2. The van der Waals surface area contributed by atoms with E-state index in [1.807, 2.05) is 24.3 Å². The molecule has 1 aliphatic rings. The average Bonchev–Trinajstić information content (AvgIpc) is 3.65. The van der Waals surface area contributed by atoms with E-state index in [4.69, 9.17) is 4.74 Å². The Morgan fingerprint density at radius 2 is 1.88 bits per heavy atom. The molecule has 1 aliphatic heterocycles. The molecule has 0 aliphatic carbocycles. The lowest BCUT2D eigenvalue weighted by atomic mass is 9.84. The summed E-state index contributed by atoms with van der Waals surface area (Å²) in [5.74, 6) is -0.232. The Morgan fingerprint density at radius 3 is 2.55 bits per heavy atom. The minimum Gasteiger partial charge on any atom is -0.384 e. The second kappa shape index (κ2) is 10.0. The van der Waals surface area contributed by atoms with Crippen molar-refractivity contribution in [2.24, 2.45) is 5.92 Å². The number of ether oxygens (including phenoxy) is 1. The van der Waals surface area contributed by atoms with E-state index >= 15 is 0 Å². The molecule has 40 heavy (non-hydrogen) atoms. The van der Waals surface area contributed by atoms with Gasteiger partial charge in [-0.05, 0) is 47.9 Å². The molecule has 7 nitrogen and oxygen atoms in total. The number of aromatic amines is 1. The van der Waals surface area contributed by atoms with Gasteiger partial charge in [-0.15, -0.1) is 0 Å². The zero-order valence-corrected chi connectivity index (χ0v) is 22.8. The summed E-state index contributed by atoms with van der Waals surface area (Å²) in [5, 5.41) is 12.1. The minimum absolute atomic E-state index is 0.00303. The number of Topliss-reactive ketones (excluding diaryl/α,β-unsaturated/α-hetero) is 1. The summed E-state index contributed by atoms with van der Waals surface area (Å²) in [5.41, 5.74) is 5.90. The highest BCUT2D eigenvalue weighted by Gasteiger charge is 2.32. The highest BCUT2D eigenvalue weighted by Crippen LogP contribution is 2.44. The molecule has 2 aromatic heterocycles. The normalized spacial score (nSPS) is 15.7. The van der Waals surface area contributed by atoms with Crippen molar-refractivity contribution in [3.05, 3.63) is 83.9 Å². The number of hydrogen-bond acceptors (Lipinski definition) is 4. The number of ketones is 1. The number of nitrogens with one attached hydrogen (secondary N) is 2. The largest absolute Gasteiger partial charge is 0.384 e. The molecule has 1 saturated heterocycles. The number of benzene rings is 3. The second-order valence-corrected chi connectivity index (χ2v) is 11.3. The predicted molar refractivity (Wildman–Crippen MR) is 153 cm³/mol. The third-order valence-electron chi connectivity index (χ3n) is 7.79. The summed E-state index contributed by atoms with van der Waals surface area (Å²) in [4.78, 5) is 24.6. The molecule has 0 radical (unpaired) electrons. The molecule has 8 heteroatoms. The van der Waals surface area contributed by atoms with Gasteiger partial charge in [-0.2, -0.15) is 5.10 Å². The Labute approximate surface area is 231 Å². The van der Waals surface area contributed by atoms with Gasteiger partial charge in [0.05, 0.1) is 23.8 Å². The minimum atomic E-state index is -0.431. The van der Waals surface area contributed by atoms with Crippen molar-refractivity contribution in [2.45, 2.75) is 32.1 Å². The molecule has 0 bridgehead atoms. The molecule has 204 valence electrons. The van der Waals surface area contributed by atoms with Crippen LogP contribution in [0.2, 0.25) is 0 Å². The fourth-order valence-electron chi connectivity index (χ4n) is 5.96. The van der Waals surface area contributed by atoms with Gasteiger partial charge in [0.1, 0.15) is 5.82 Å². The Balaban J connectivity index is 1.54. The molecule has 1 amide bonds. The van der Waals surface area contributed by atoms with E-state index in [2.05, 4.69) is 46.1 Å². The molecular weight excluding hydrogens is 507 g/mol. The van der Waals surface area contributed by atoms with Gasteiger partial charge in [0.15, 0.2) is 5.78 Å². The first-order valence-electron chi connectivity index (χ1n) is 13.4. The van der Waals surface area contributed by atoms with E-state index in [1.54, 1.807) is 25.4 Å². The fraction of sp³-hybridized carbons (Fsp3) is 0.281. The summed E-state index contributed by atoms with van der Waals surface area (Å²) in [6.07, 6.45) is 2.53. The number of carbonyl (C=O) groups is 2. The summed E-state index contributed by atoms with van der Waals surface area (Å²) in [7, 11) is 1.69. The summed E-state index contributed by atoms with van der Waals surface area (Å²) < 4.78 is 21.8. The first kappa shape index (κ1) is 26.0. The number of H-pyrrole nitrogens is 1. The number of halogens is 1. The zero-order valence-electron chi connectivity index (χ0n) is 22.8. The van der Waals surface area contributed by atoms with Gasteiger partial charge < -0.3 is 14.6 Å². The molecule has 3 heterocycles. The third-order valence-corrected chi connectivity index (χ3v) is 7.79. The van der Waals surface area contributed by atoms with E-state index in [9.17, 15) is 14.0 Å². The highest BCUT2D eigenvalue weighted by molar-refractivity contribution is 6.06. The fourth-order valence-corrected chi connectivity index (χ4v) is 5.96. The number of rotatable bonds is 8. The SMILES string of the molecule is COCC(C)(C)c1c(-c2ccc(C(=O)CC3CNC(=O)C3)cc2)c2cc3[nH]ncc3cc2n1-c1ccc(F)cc1. The van der Waals surface area contributed by atoms with Crippen molar-refractivity contribution in [2.75, 3.05) is 20.3 Å². The monoisotopic (exact) mass is 538 g/mol. The van der Waals surface area contributed by atoms with E-state index < -0.39 is 5.41 Å². The van der Waals surface area contributed by atoms with E-state index in [0.29, 0.717) is 31.6 Å². The standard InChI is InChI=1S/C32H31FN4O3/c1-32(2,18-40-3)31-30(21-6-4-20(5-7-21)28(38)12-19-13-29(39)34-16-19)25-15-26-22(17-35-36-26)14-27(25)37(31)24-10-8-23(33)9-11-24/h4-11,14-15,17,19H,12-13,16,18H2,1-3H3,(H,34,39)(H,35,36). The molecule has 1 atom stereocenters. The quantitative estimate of drug-likeness (QED) is 0.239. The lowest BCUT2D eigenvalue weighted by Crippen LogP contribution is -2.27. The maximum Gasteiger partial charge on any atom is 0.220 e. The number of carbonyl (C=O) groups excluding carboxylic acids is 2. The topological polar surface area (TPSA) is 89.0 Å². The number of hydrogen-bond donors (Lipinski definition) is 2. The Kier molecular flexibility index (Phi) is 6.50. The van der Waals surface area contributed by atoms with Crippen LogP contribution in [0.15, 0.2) is 66.9 Å². The number of aromatic nitrogens is 3. The van der Waals surface area contributed by atoms with Gasteiger partial charge in [0.25, 0.3) is 0 Å². The summed E-state index contributed by atoms with van der Waals surface area (Å²) >= 11 is 0. The maximum absolute atomic E-state index is 14.0. The van der Waals surface area contributed by atoms with Gasteiger partial charge in [-0.1, -0.05) is 38.1 Å². The van der Waals surface area contributed by atoms with E-state index in [0.717, 1.165) is 44.3 Å². The molecule has 2 N–H and O–H groups in total. The van der Waals surface area contributed by atoms with Crippen molar-refractivity contribution in [1.82, 2.24) is 20.1 Å². The second-order valence-electron chi connectivity index (χ2n) is 11.3. The van der Waals surface area contributed by atoms with Crippen LogP contribution in [-0.2, 0) is 14.9 Å². The van der Waals surface area contributed by atoms with Crippen LogP contribution in [0.4, 0.5) is 4.39 Å². The Morgan fingerprint density at radius 1 is 1.12 bits per heavy atom. The molecule has 0 spiro atoms. The highest BCUT2D eigenvalue weighted by atomic mass is 19.1. The van der Waals surface area contributed by atoms with Crippen LogP contribution in [0.3, 0.4) is 0 Å². The lowest BCUT2D eigenvalue weighted by molar-refractivity contribution is -0.119. The van der Waals surface area contributed by atoms with Gasteiger partial charge in [-0.25, -0.2) is 4.39 Å². The molecule has 5 aromatic rings. The van der Waals surface area contributed by atoms with E-state index in [-0.39, 0.29) is 23.4 Å². The van der Waals surface area contributed by atoms with Crippen LogP contribution in [-0.4, -0.2) is 46.7 Å². The van der Waals surface area contributed by atoms with E-state index in [1.165, 1.54) is 12.1 Å². The Hall–Kier alpha value is -4.30.